The molecule has 0 saturated heterocycles. The lowest BCUT2D eigenvalue weighted by Crippen LogP contribution is -2.15. The van der Waals surface area contributed by atoms with E-state index in [2.05, 4.69) is 15.1 Å². The van der Waals surface area contributed by atoms with Crippen molar-refractivity contribution in [1.29, 1.82) is 0 Å². The summed E-state index contributed by atoms with van der Waals surface area (Å²) in [6, 6.07) is 7.13. The summed E-state index contributed by atoms with van der Waals surface area (Å²) in [4.78, 5) is 18.8. The van der Waals surface area contributed by atoms with Gasteiger partial charge in [-0.15, -0.1) is 5.10 Å². The first-order valence-corrected chi connectivity index (χ1v) is 6.59. The summed E-state index contributed by atoms with van der Waals surface area (Å²) in [7, 11) is 1.47. The third kappa shape index (κ3) is 2.73. The van der Waals surface area contributed by atoms with E-state index in [0.717, 1.165) is 6.07 Å². The fraction of sp³-hybridized carbons (Fsp3) is 0.143. The highest BCUT2D eigenvalue weighted by molar-refractivity contribution is 5.89. The number of halogens is 3. The fourth-order valence-electron chi connectivity index (χ4n) is 2.08. The van der Waals surface area contributed by atoms with Crippen LogP contribution in [0, 0.1) is 0 Å². The lowest BCUT2D eigenvalue weighted by Gasteiger charge is -2.10. The number of primary amides is 1. The largest absolute Gasteiger partial charge is 0.497 e. The Bertz CT molecular complexity index is 919. The van der Waals surface area contributed by atoms with Gasteiger partial charge in [-0.25, -0.2) is 4.98 Å². The molecule has 0 aliphatic heterocycles. The molecule has 0 saturated carbocycles. The van der Waals surface area contributed by atoms with Crippen molar-refractivity contribution in [3.8, 4) is 17.0 Å². The summed E-state index contributed by atoms with van der Waals surface area (Å²) in [5, 5.41) is 3.47. The van der Waals surface area contributed by atoms with Crippen LogP contribution in [0.3, 0.4) is 0 Å². The zero-order chi connectivity index (χ0) is 17.5. The van der Waals surface area contributed by atoms with Crippen molar-refractivity contribution in [2.75, 3.05) is 7.11 Å². The molecule has 2 N–H and O–H groups in total. The van der Waals surface area contributed by atoms with Gasteiger partial charge in [0.15, 0.2) is 5.69 Å². The van der Waals surface area contributed by atoms with Gasteiger partial charge in [-0.1, -0.05) is 0 Å². The van der Waals surface area contributed by atoms with Gasteiger partial charge in [0, 0.05) is 5.56 Å². The Kier molecular flexibility index (Phi) is 3.59. The third-order valence-corrected chi connectivity index (χ3v) is 3.21. The van der Waals surface area contributed by atoms with Gasteiger partial charge in [-0.2, -0.15) is 22.7 Å². The third-order valence-electron chi connectivity index (χ3n) is 3.21. The highest BCUT2D eigenvalue weighted by atomic mass is 19.4. The summed E-state index contributed by atoms with van der Waals surface area (Å²) >= 11 is 0. The van der Waals surface area contributed by atoms with Crippen molar-refractivity contribution in [1.82, 2.24) is 19.6 Å². The fourth-order valence-corrected chi connectivity index (χ4v) is 2.08. The molecule has 124 valence electrons. The van der Waals surface area contributed by atoms with E-state index in [1.54, 1.807) is 24.3 Å². The van der Waals surface area contributed by atoms with Gasteiger partial charge in [0.25, 0.3) is 11.7 Å². The summed E-state index contributed by atoms with van der Waals surface area (Å²) in [6.45, 7) is 0. The van der Waals surface area contributed by atoms with Crippen LogP contribution in [-0.2, 0) is 6.18 Å². The molecule has 24 heavy (non-hydrogen) atoms. The number of carbonyl (C=O) groups is 1. The number of amides is 1. The minimum Gasteiger partial charge on any atom is -0.497 e. The van der Waals surface area contributed by atoms with Gasteiger partial charge in [-0.05, 0) is 30.3 Å². The maximum absolute atomic E-state index is 13.3. The van der Waals surface area contributed by atoms with E-state index in [9.17, 15) is 18.0 Å². The number of hydrogen-bond acceptors (Lipinski definition) is 5. The zero-order valence-corrected chi connectivity index (χ0v) is 12.2. The number of hydrogen-bond donors (Lipinski definition) is 1. The van der Waals surface area contributed by atoms with E-state index in [-0.39, 0.29) is 11.5 Å². The van der Waals surface area contributed by atoms with Crippen molar-refractivity contribution in [3.63, 3.8) is 0 Å². The Morgan fingerprint density at radius 3 is 2.42 bits per heavy atom. The molecule has 2 aromatic heterocycles. The van der Waals surface area contributed by atoms with Crippen molar-refractivity contribution in [2.24, 2.45) is 5.73 Å². The molecular weight excluding hydrogens is 327 g/mol. The van der Waals surface area contributed by atoms with Crippen LogP contribution < -0.4 is 10.5 Å². The van der Waals surface area contributed by atoms with E-state index in [1.807, 2.05) is 0 Å². The SMILES string of the molecule is COc1ccc(-c2cc(C(F)(F)F)n3nc(C(N)=O)nc3n2)cc1. The summed E-state index contributed by atoms with van der Waals surface area (Å²) in [5.41, 5.74) is 4.36. The molecule has 0 fully saturated rings. The molecule has 0 radical (unpaired) electrons. The van der Waals surface area contributed by atoms with E-state index >= 15 is 0 Å². The number of nitrogens with two attached hydrogens (primary N) is 1. The Morgan fingerprint density at radius 1 is 1.21 bits per heavy atom. The predicted molar refractivity (Wildman–Crippen MR) is 76.3 cm³/mol. The summed E-state index contributed by atoms with van der Waals surface area (Å²) < 4.78 is 45.3. The standard InChI is InChI=1S/C14H10F3N5O2/c1-24-8-4-2-7(3-5-8)9-6-10(14(15,16)17)22-13(19-9)20-12(21-22)11(18)23/h2-6H,1H3,(H2,18,23). The van der Waals surface area contributed by atoms with E-state index < -0.39 is 23.6 Å². The maximum atomic E-state index is 13.3. The van der Waals surface area contributed by atoms with Crippen molar-refractivity contribution < 1.29 is 22.7 Å². The van der Waals surface area contributed by atoms with Gasteiger partial charge in [0.1, 0.15) is 5.75 Å². The first-order chi connectivity index (χ1) is 11.3. The molecule has 2 heterocycles. The van der Waals surface area contributed by atoms with Gasteiger partial charge in [0.2, 0.25) is 5.82 Å². The highest BCUT2D eigenvalue weighted by Gasteiger charge is 2.36. The topological polar surface area (TPSA) is 95.4 Å². The molecule has 1 aromatic carbocycles. The van der Waals surface area contributed by atoms with Gasteiger partial charge in [0.05, 0.1) is 12.8 Å². The first kappa shape index (κ1) is 15.7. The minimum atomic E-state index is -4.72. The zero-order valence-electron chi connectivity index (χ0n) is 12.2. The molecular formula is C14H10F3N5O2. The minimum absolute atomic E-state index is 0.0286. The quantitative estimate of drug-likeness (QED) is 0.788. The van der Waals surface area contributed by atoms with Crippen LogP contribution in [0.15, 0.2) is 30.3 Å². The molecule has 0 aliphatic rings. The second-order valence-corrected chi connectivity index (χ2v) is 4.76. The van der Waals surface area contributed by atoms with Gasteiger partial charge in [-0.3, -0.25) is 4.79 Å². The Balaban J connectivity index is 2.23. The van der Waals surface area contributed by atoms with E-state index in [4.69, 9.17) is 10.5 Å². The average molecular weight is 337 g/mol. The molecule has 3 rings (SSSR count). The molecule has 10 heteroatoms. The number of ether oxygens (including phenoxy) is 1. The summed E-state index contributed by atoms with van der Waals surface area (Å²) in [5.74, 6) is -1.40. The van der Waals surface area contributed by atoms with Crippen LogP contribution in [0.5, 0.6) is 5.75 Å². The molecule has 0 aliphatic carbocycles. The molecule has 0 bridgehead atoms. The van der Waals surface area contributed by atoms with Crippen molar-refractivity contribution >= 4 is 11.7 Å². The number of fused-ring (bicyclic) bond motifs is 1. The van der Waals surface area contributed by atoms with Crippen molar-refractivity contribution in [2.45, 2.75) is 6.18 Å². The monoisotopic (exact) mass is 337 g/mol. The molecule has 7 nitrogen and oxygen atoms in total. The van der Waals surface area contributed by atoms with E-state index in [0.29, 0.717) is 15.8 Å². The number of aromatic nitrogens is 4. The van der Waals surface area contributed by atoms with Crippen molar-refractivity contribution in [3.05, 3.63) is 41.9 Å². The van der Waals surface area contributed by atoms with E-state index in [1.165, 1.54) is 7.11 Å². The Hall–Kier alpha value is -3.17. The van der Waals surface area contributed by atoms with Crippen LogP contribution in [0.1, 0.15) is 16.3 Å². The Labute approximate surface area is 132 Å². The predicted octanol–water partition coefficient (Wildman–Crippen LogP) is 1.92. The van der Waals surface area contributed by atoms with Crippen LogP contribution in [0.25, 0.3) is 17.0 Å². The number of carbonyl (C=O) groups excluding carboxylic acids is 1. The first-order valence-electron chi connectivity index (χ1n) is 6.59. The highest BCUT2D eigenvalue weighted by Crippen LogP contribution is 2.32. The second kappa shape index (κ2) is 5.48. The Morgan fingerprint density at radius 2 is 1.88 bits per heavy atom. The van der Waals surface area contributed by atoms with Crippen LogP contribution in [-0.4, -0.2) is 32.6 Å². The van der Waals surface area contributed by atoms with Crippen LogP contribution in [0.4, 0.5) is 13.2 Å². The number of nitrogens with zero attached hydrogens (tertiary/aromatic N) is 4. The van der Waals surface area contributed by atoms with Gasteiger partial charge < -0.3 is 10.5 Å². The lowest BCUT2D eigenvalue weighted by molar-refractivity contribution is -0.142. The van der Waals surface area contributed by atoms with Crippen LogP contribution in [0.2, 0.25) is 0 Å². The normalized spacial score (nSPS) is 11.7. The van der Waals surface area contributed by atoms with Gasteiger partial charge >= 0.3 is 6.18 Å². The smallest absolute Gasteiger partial charge is 0.433 e. The lowest BCUT2D eigenvalue weighted by atomic mass is 10.1. The molecule has 0 unspecified atom stereocenters. The molecule has 3 aromatic rings. The molecule has 0 atom stereocenters. The number of methoxy groups -OCH3 is 1. The maximum Gasteiger partial charge on any atom is 0.433 e. The number of rotatable bonds is 3. The second-order valence-electron chi connectivity index (χ2n) is 4.76. The molecule has 1 amide bonds. The number of alkyl halides is 3. The molecule has 0 spiro atoms. The van der Waals surface area contributed by atoms with Crippen LogP contribution >= 0.6 is 0 Å². The summed E-state index contributed by atoms with van der Waals surface area (Å²) in [6.07, 6.45) is -4.72. The average Bonchev–Trinajstić information content (AvgIpc) is 2.97. The number of benzene rings is 1.